The number of benzene rings is 2. The molecule has 29 heavy (non-hydrogen) atoms. The van der Waals surface area contributed by atoms with Gasteiger partial charge in [-0.2, -0.15) is 0 Å². The lowest BCUT2D eigenvalue weighted by molar-refractivity contribution is 0.580. The molecule has 0 amide bonds. The van der Waals surface area contributed by atoms with Gasteiger partial charge in [-0.3, -0.25) is 0 Å². The lowest BCUT2D eigenvalue weighted by atomic mass is 10.1. The van der Waals surface area contributed by atoms with E-state index in [1.54, 1.807) is 0 Å². The Kier molecular flexibility index (Phi) is 3.57. The normalized spacial score (nSPS) is 16.6. The quantitative estimate of drug-likeness (QED) is 0.513. The summed E-state index contributed by atoms with van der Waals surface area (Å²) in [5.74, 6) is -0.720. The van der Waals surface area contributed by atoms with Crippen LogP contribution in [0.1, 0.15) is 54.6 Å². The maximum absolute atomic E-state index is 14.3. The summed E-state index contributed by atoms with van der Waals surface area (Å²) >= 11 is 0. The minimum absolute atomic E-state index is 0.108. The lowest BCUT2D eigenvalue weighted by Crippen LogP contribution is -2.06. The largest absolute Gasteiger partial charge is 0.242 e. The first-order valence-electron chi connectivity index (χ1n) is 9.91. The molecule has 0 spiro atoms. The van der Waals surface area contributed by atoms with E-state index in [4.69, 9.17) is 0 Å². The van der Waals surface area contributed by atoms with Crippen molar-refractivity contribution in [3.63, 3.8) is 0 Å². The van der Waals surface area contributed by atoms with Crippen molar-refractivity contribution in [2.45, 2.75) is 44.1 Å². The Bertz CT molecular complexity index is 1240. The molecule has 2 aromatic heterocycles. The van der Waals surface area contributed by atoms with Crippen molar-refractivity contribution in [3.8, 4) is 5.69 Å². The Labute approximate surface area is 165 Å². The number of halogens is 2. The van der Waals surface area contributed by atoms with Gasteiger partial charge in [0.2, 0.25) is 0 Å². The van der Waals surface area contributed by atoms with E-state index in [0.717, 1.165) is 65.8 Å². The van der Waals surface area contributed by atoms with E-state index in [-0.39, 0.29) is 11.6 Å². The van der Waals surface area contributed by atoms with Gasteiger partial charge < -0.3 is 0 Å². The molecule has 0 unspecified atom stereocenters. The van der Waals surface area contributed by atoms with Crippen LogP contribution in [0.3, 0.4) is 0 Å². The molecule has 2 aliphatic carbocycles. The van der Waals surface area contributed by atoms with E-state index < -0.39 is 11.6 Å². The van der Waals surface area contributed by atoms with Crippen LogP contribution < -0.4 is 0 Å². The zero-order chi connectivity index (χ0) is 19.5. The molecule has 2 saturated carbocycles. The average Bonchev–Trinajstić information content (AvgIpc) is 3.65. The fraction of sp³-hybridized carbons (Fsp3) is 0.333. The van der Waals surface area contributed by atoms with Gasteiger partial charge >= 0.3 is 0 Å². The van der Waals surface area contributed by atoms with E-state index in [0.29, 0.717) is 12.5 Å². The Morgan fingerprint density at radius 2 is 1.79 bits per heavy atom. The third-order valence-corrected chi connectivity index (χ3v) is 5.68. The van der Waals surface area contributed by atoms with Gasteiger partial charge in [-0.15, -0.1) is 10.2 Å². The maximum Gasteiger partial charge on any atom is 0.149 e. The summed E-state index contributed by atoms with van der Waals surface area (Å²) in [5.41, 5.74) is 4.78. The maximum atomic E-state index is 14.3. The highest BCUT2D eigenvalue weighted by Gasteiger charge is 2.32. The Hall–Kier alpha value is -3.16. The van der Waals surface area contributed by atoms with Crippen molar-refractivity contribution in [1.29, 1.82) is 0 Å². The van der Waals surface area contributed by atoms with Crippen molar-refractivity contribution in [1.82, 2.24) is 30.0 Å². The van der Waals surface area contributed by atoms with Crippen LogP contribution in [0.15, 0.2) is 36.4 Å². The average molecular weight is 392 g/mol. The molecule has 0 aliphatic heterocycles. The van der Waals surface area contributed by atoms with E-state index in [1.807, 2.05) is 16.8 Å². The topological polar surface area (TPSA) is 61.4 Å². The summed E-state index contributed by atoms with van der Waals surface area (Å²) in [7, 11) is 0. The van der Waals surface area contributed by atoms with Crippen LogP contribution in [0.25, 0.3) is 16.7 Å². The highest BCUT2D eigenvalue weighted by molar-refractivity contribution is 5.75. The molecule has 2 heterocycles. The minimum atomic E-state index is -0.509. The Balaban J connectivity index is 1.40. The second-order valence-corrected chi connectivity index (χ2v) is 7.97. The van der Waals surface area contributed by atoms with E-state index in [2.05, 4.69) is 26.7 Å². The second kappa shape index (κ2) is 6.17. The predicted molar refractivity (Wildman–Crippen MR) is 102 cm³/mol. The van der Waals surface area contributed by atoms with Crippen LogP contribution in [0.5, 0.6) is 0 Å². The van der Waals surface area contributed by atoms with Crippen molar-refractivity contribution in [2.24, 2.45) is 0 Å². The van der Waals surface area contributed by atoms with E-state index in [9.17, 15) is 8.78 Å². The first-order chi connectivity index (χ1) is 14.2. The van der Waals surface area contributed by atoms with Crippen molar-refractivity contribution < 1.29 is 8.78 Å². The van der Waals surface area contributed by atoms with E-state index >= 15 is 0 Å². The number of nitrogens with zero attached hydrogens (tertiary/aromatic N) is 6. The lowest BCUT2D eigenvalue weighted by Gasteiger charge is -2.09. The number of hydrogen-bond donors (Lipinski definition) is 0. The predicted octanol–water partition coefficient (Wildman–Crippen LogP) is 4.09. The van der Waals surface area contributed by atoms with Crippen LogP contribution in [0, 0.1) is 11.6 Å². The van der Waals surface area contributed by atoms with Gasteiger partial charge in [0.15, 0.2) is 0 Å². The molecule has 8 heteroatoms. The molecule has 0 N–H and O–H groups in total. The van der Waals surface area contributed by atoms with Crippen LogP contribution in [-0.4, -0.2) is 30.0 Å². The first kappa shape index (κ1) is 16.8. The molecule has 0 atom stereocenters. The minimum Gasteiger partial charge on any atom is -0.242 e. The van der Waals surface area contributed by atoms with Crippen LogP contribution >= 0.6 is 0 Å². The zero-order valence-electron chi connectivity index (χ0n) is 15.6. The fourth-order valence-electron chi connectivity index (χ4n) is 3.91. The van der Waals surface area contributed by atoms with Crippen LogP contribution in [0.2, 0.25) is 0 Å². The highest BCUT2D eigenvalue weighted by Crippen LogP contribution is 2.43. The summed E-state index contributed by atoms with van der Waals surface area (Å²) in [6, 6.07) is 9.96. The van der Waals surface area contributed by atoms with Gasteiger partial charge in [0.25, 0.3) is 0 Å². The van der Waals surface area contributed by atoms with Crippen molar-refractivity contribution in [3.05, 3.63) is 65.0 Å². The van der Waals surface area contributed by atoms with Gasteiger partial charge in [0, 0.05) is 18.4 Å². The highest BCUT2D eigenvalue weighted by atomic mass is 19.1. The monoisotopic (exact) mass is 392 g/mol. The van der Waals surface area contributed by atoms with Crippen molar-refractivity contribution >= 4 is 11.0 Å². The first-order valence-corrected chi connectivity index (χ1v) is 9.91. The molecule has 6 nitrogen and oxygen atoms in total. The summed E-state index contributed by atoms with van der Waals surface area (Å²) in [5, 5.41) is 17.1. The number of rotatable bonds is 5. The molecular formula is C21H18F2N6. The Morgan fingerprint density at radius 3 is 2.59 bits per heavy atom. The van der Waals surface area contributed by atoms with Crippen molar-refractivity contribution in [2.75, 3.05) is 0 Å². The van der Waals surface area contributed by atoms with Gasteiger partial charge in [0.1, 0.15) is 22.8 Å². The molecule has 0 radical (unpaired) electrons. The van der Waals surface area contributed by atoms with Gasteiger partial charge in [-0.1, -0.05) is 16.5 Å². The molecule has 0 bridgehead atoms. The summed E-state index contributed by atoms with van der Waals surface area (Å²) in [4.78, 5) is 0. The van der Waals surface area contributed by atoms with Gasteiger partial charge in [0.05, 0.1) is 22.9 Å². The van der Waals surface area contributed by atoms with E-state index in [1.165, 1.54) is 10.7 Å². The molecule has 2 fully saturated rings. The third-order valence-electron chi connectivity index (χ3n) is 5.68. The Morgan fingerprint density at radius 1 is 0.931 bits per heavy atom. The molecule has 2 aliphatic rings. The number of hydrogen-bond acceptors (Lipinski definition) is 4. The second-order valence-electron chi connectivity index (χ2n) is 7.97. The summed E-state index contributed by atoms with van der Waals surface area (Å²) in [6.45, 7) is 0. The van der Waals surface area contributed by atoms with Gasteiger partial charge in [-0.25, -0.2) is 18.1 Å². The zero-order valence-corrected chi connectivity index (χ0v) is 15.6. The fourth-order valence-corrected chi connectivity index (χ4v) is 3.91. The van der Waals surface area contributed by atoms with Gasteiger partial charge in [-0.05, 0) is 55.5 Å². The smallest absolute Gasteiger partial charge is 0.149 e. The number of fused-ring (bicyclic) bond motifs is 1. The van der Waals surface area contributed by atoms with Crippen LogP contribution in [-0.2, 0) is 6.42 Å². The summed E-state index contributed by atoms with van der Waals surface area (Å²) < 4.78 is 31.5. The molecule has 4 aromatic rings. The summed E-state index contributed by atoms with van der Waals surface area (Å²) in [6.07, 6.45) is 4.88. The molecule has 2 aromatic carbocycles. The molecule has 0 saturated heterocycles. The van der Waals surface area contributed by atoms with Crippen LogP contribution in [0.4, 0.5) is 8.78 Å². The molecule has 6 rings (SSSR count). The SMILES string of the molecule is Fc1ccc(F)c(-n2nnc(Cc3ccc4nnn(C5CC5)c4c3)c2C2CC2)c1. The number of aromatic nitrogens is 6. The molecular weight excluding hydrogens is 374 g/mol. The molecule has 146 valence electrons. The third kappa shape index (κ3) is 2.90. The standard InChI is InChI=1S/C21H18F2N6/c22-14-4-7-16(23)19(11-14)29-21(13-2-3-13)18(25-27-29)9-12-1-8-17-20(10-12)28(26-24-17)15-5-6-15/h1,4,7-8,10-11,13,15H,2-3,5-6,9H2.